The minimum absolute atomic E-state index is 0.191. The van der Waals surface area contributed by atoms with Crippen molar-refractivity contribution in [3.63, 3.8) is 0 Å². The molecule has 3 rings (SSSR count). The van der Waals surface area contributed by atoms with E-state index in [9.17, 15) is 40.3 Å². The number of benzene rings is 2. The number of primary amides is 1. The van der Waals surface area contributed by atoms with Crippen LogP contribution in [0.15, 0.2) is 36.4 Å². The maximum absolute atomic E-state index is 13.9. The molecule has 2 aromatic carbocycles. The molecule has 0 unspecified atom stereocenters. The van der Waals surface area contributed by atoms with Crippen LogP contribution in [0.3, 0.4) is 0 Å². The van der Waals surface area contributed by atoms with Crippen LogP contribution in [0.1, 0.15) is 35.7 Å². The SMILES string of the molecule is C[C@H]1[C@@H](c2ccc(F)cc2OC(F)F)[C@@H](C(=O)Nc2ccc(F)c(C(N)=O)c2)O[C@]1(C)C(F)(F)F. The Morgan fingerprint density at radius 2 is 1.80 bits per heavy atom. The van der Waals surface area contributed by atoms with E-state index in [1.54, 1.807) is 0 Å². The molecule has 190 valence electrons. The minimum Gasteiger partial charge on any atom is -0.434 e. The molecule has 0 aromatic heterocycles. The summed E-state index contributed by atoms with van der Waals surface area (Å²) in [5.74, 6) is -8.13. The average Bonchev–Trinajstić information content (AvgIpc) is 3.01. The second-order valence-corrected chi connectivity index (χ2v) is 8.07. The first-order chi connectivity index (χ1) is 16.2. The van der Waals surface area contributed by atoms with Crippen LogP contribution in [0.25, 0.3) is 0 Å². The predicted molar refractivity (Wildman–Crippen MR) is 108 cm³/mol. The van der Waals surface area contributed by atoms with Crippen LogP contribution < -0.4 is 15.8 Å². The fourth-order valence-corrected chi connectivity index (χ4v) is 4.01. The van der Waals surface area contributed by atoms with E-state index < -0.39 is 71.1 Å². The van der Waals surface area contributed by atoms with Crippen LogP contribution in [0.4, 0.5) is 36.4 Å². The van der Waals surface area contributed by atoms with E-state index >= 15 is 0 Å². The van der Waals surface area contributed by atoms with Gasteiger partial charge in [-0.25, -0.2) is 8.78 Å². The molecule has 35 heavy (non-hydrogen) atoms. The third kappa shape index (κ3) is 5.04. The van der Waals surface area contributed by atoms with Crippen molar-refractivity contribution in [3.8, 4) is 5.75 Å². The number of hydrogen-bond donors (Lipinski definition) is 2. The van der Waals surface area contributed by atoms with Gasteiger partial charge in [0.05, 0.1) is 5.56 Å². The summed E-state index contributed by atoms with van der Waals surface area (Å²) in [5.41, 5.74) is 1.05. The number of hydrogen-bond acceptors (Lipinski definition) is 4. The number of ether oxygens (including phenoxy) is 2. The summed E-state index contributed by atoms with van der Waals surface area (Å²) in [7, 11) is 0. The molecule has 2 aromatic rings. The van der Waals surface area contributed by atoms with Crippen molar-refractivity contribution in [2.24, 2.45) is 11.7 Å². The van der Waals surface area contributed by atoms with Gasteiger partial charge in [0, 0.05) is 29.2 Å². The minimum atomic E-state index is -4.99. The number of carbonyl (C=O) groups excluding carboxylic acids is 2. The lowest BCUT2D eigenvalue weighted by atomic mass is 9.77. The summed E-state index contributed by atoms with van der Waals surface area (Å²) in [6.45, 7) is -1.64. The molecule has 0 bridgehead atoms. The van der Waals surface area contributed by atoms with Gasteiger partial charge < -0.3 is 20.5 Å². The normalized spacial score (nSPS) is 24.5. The van der Waals surface area contributed by atoms with Crippen molar-refractivity contribution >= 4 is 17.5 Å². The molecule has 0 spiro atoms. The van der Waals surface area contributed by atoms with Gasteiger partial charge in [-0.15, -0.1) is 0 Å². The summed E-state index contributed by atoms with van der Waals surface area (Å²) < 4.78 is 105. The predicted octanol–water partition coefficient (Wildman–Crippen LogP) is 4.74. The van der Waals surface area contributed by atoms with Crippen LogP contribution >= 0.6 is 0 Å². The zero-order chi connectivity index (χ0) is 26.3. The number of amides is 2. The molecule has 13 heteroatoms. The van der Waals surface area contributed by atoms with Gasteiger partial charge in [0.2, 0.25) is 0 Å². The van der Waals surface area contributed by atoms with Crippen molar-refractivity contribution < 1.29 is 49.8 Å². The highest BCUT2D eigenvalue weighted by molar-refractivity contribution is 5.98. The zero-order valence-corrected chi connectivity index (χ0v) is 18.1. The first-order valence-corrected chi connectivity index (χ1v) is 10.0. The number of carbonyl (C=O) groups is 2. The largest absolute Gasteiger partial charge is 0.434 e. The van der Waals surface area contributed by atoms with Gasteiger partial charge in [-0.1, -0.05) is 13.0 Å². The molecule has 1 aliphatic heterocycles. The molecule has 2 amide bonds. The fourth-order valence-electron chi connectivity index (χ4n) is 4.01. The summed E-state index contributed by atoms with van der Waals surface area (Å²) in [5, 5.41) is 2.22. The number of halogens is 7. The van der Waals surface area contributed by atoms with E-state index in [-0.39, 0.29) is 11.3 Å². The van der Waals surface area contributed by atoms with Gasteiger partial charge in [-0.05, 0) is 31.2 Å². The number of alkyl halides is 5. The van der Waals surface area contributed by atoms with Crippen molar-refractivity contribution in [2.45, 2.75) is 44.3 Å². The highest BCUT2D eigenvalue weighted by atomic mass is 19.4. The Labute approximate surface area is 194 Å². The number of nitrogens with two attached hydrogens (primary N) is 1. The highest BCUT2D eigenvalue weighted by Gasteiger charge is 2.65. The smallest absolute Gasteiger partial charge is 0.417 e. The van der Waals surface area contributed by atoms with E-state index in [0.717, 1.165) is 37.3 Å². The summed E-state index contributed by atoms with van der Waals surface area (Å²) >= 11 is 0. The molecule has 4 atom stereocenters. The molecular weight excluding hydrogens is 489 g/mol. The standard InChI is InChI=1S/C22H19F7N2O4/c1-9-16(12-5-3-10(23)7-15(12)34-20(25)26)17(35-21(9,2)22(27,28)29)19(33)31-11-4-6-14(24)13(8-11)18(30)32/h3-9,16-17,20H,1-2H3,(H2,30,32)(H,31,33)/t9-,16-,17-,21-/m0/s1. The highest BCUT2D eigenvalue weighted by Crippen LogP contribution is 2.54. The van der Waals surface area contributed by atoms with E-state index in [2.05, 4.69) is 10.1 Å². The van der Waals surface area contributed by atoms with Gasteiger partial charge in [0.1, 0.15) is 23.5 Å². The van der Waals surface area contributed by atoms with Gasteiger partial charge in [-0.2, -0.15) is 22.0 Å². The Kier molecular flexibility index (Phi) is 7.02. The Hall–Kier alpha value is -3.35. The maximum Gasteiger partial charge on any atom is 0.417 e. The molecular formula is C22H19F7N2O4. The van der Waals surface area contributed by atoms with Gasteiger partial charge in [-0.3, -0.25) is 9.59 Å². The first-order valence-electron chi connectivity index (χ1n) is 10.0. The summed E-state index contributed by atoms with van der Waals surface area (Å²) in [4.78, 5) is 24.4. The number of rotatable bonds is 6. The van der Waals surface area contributed by atoms with Crippen LogP contribution in [0, 0.1) is 17.6 Å². The third-order valence-electron chi connectivity index (χ3n) is 5.98. The Bertz CT molecular complexity index is 1140. The van der Waals surface area contributed by atoms with Gasteiger partial charge in [0.15, 0.2) is 5.60 Å². The van der Waals surface area contributed by atoms with Crippen LogP contribution in [-0.4, -0.2) is 36.3 Å². The van der Waals surface area contributed by atoms with Crippen LogP contribution in [0.2, 0.25) is 0 Å². The van der Waals surface area contributed by atoms with Crippen molar-refractivity contribution in [1.82, 2.24) is 0 Å². The third-order valence-corrected chi connectivity index (χ3v) is 5.98. The lowest BCUT2D eigenvalue weighted by molar-refractivity contribution is -0.272. The Morgan fingerprint density at radius 1 is 1.14 bits per heavy atom. The number of anilines is 1. The maximum atomic E-state index is 13.9. The Balaban J connectivity index is 2.07. The summed E-state index contributed by atoms with van der Waals surface area (Å²) in [6, 6.07) is 5.01. The van der Waals surface area contributed by atoms with Gasteiger partial charge in [0.25, 0.3) is 11.8 Å². The molecule has 1 fully saturated rings. The molecule has 0 saturated carbocycles. The molecule has 1 aliphatic rings. The molecule has 0 radical (unpaired) electrons. The molecule has 1 heterocycles. The van der Waals surface area contributed by atoms with E-state index in [0.29, 0.717) is 13.0 Å². The fraction of sp³-hybridized carbons (Fsp3) is 0.364. The molecule has 3 N–H and O–H groups in total. The summed E-state index contributed by atoms with van der Waals surface area (Å²) in [6.07, 6.45) is -6.91. The van der Waals surface area contributed by atoms with E-state index in [4.69, 9.17) is 10.5 Å². The molecule has 1 saturated heterocycles. The molecule has 6 nitrogen and oxygen atoms in total. The monoisotopic (exact) mass is 508 g/mol. The second kappa shape index (κ2) is 9.36. The van der Waals surface area contributed by atoms with Crippen LogP contribution in [0.5, 0.6) is 5.75 Å². The Morgan fingerprint density at radius 3 is 2.37 bits per heavy atom. The van der Waals surface area contributed by atoms with E-state index in [1.807, 2.05) is 0 Å². The number of nitrogens with one attached hydrogen (secondary N) is 1. The van der Waals surface area contributed by atoms with Crippen LogP contribution in [-0.2, 0) is 9.53 Å². The molecule has 0 aliphatic carbocycles. The first kappa shape index (κ1) is 26.3. The van der Waals surface area contributed by atoms with E-state index in [1.165, 1.54) is 0 Å². The zero-order valence-electron chi connectivity index (χ0n) is 18.1. The lowest BCUT2D eigenvalue weighted by Gasteiger charge is -2.32. The average molecular weight is 508 g/mol. The quantitative estimate of drug-likeness (QED) is 0.552. The second-order valence-electron chi connectivity index (χ2n) is 8.07. The van der Waals surface area contributed by atoms with Crippen molar-refractivity contribution in [2.75, 3.05) is 5.32 Å². The van der Waals surface area contributed by atoms with Crippen molar-refractivity contribution in [1.29, 1.82) is 0 Å². The lowest BCUT2D eigenvalue weighted by Crippen LogP contribution is -2.47. The topological polar surface area (TPSA) is 90.6 Å². The van der Waals surface area contributed by atoms with Gasteiger partial charge >= 0.3 is 12.8 Å². The van der Waals surface area contributed by atoms with Crippen molar-refractivity contribution in [3.05, 3.63) is 59.2 Å².